The molecule has 2 rings (SSSR count). The van der Waals surface area contributed by atoms with Crippen LogP contribution in [0.1, 0.15) is 5.82 Å². The van der Waals surface area contributed by atoms with Gasteiger partial charge in [0.1, 0.15) is 10.4 Å². The molecule has 0 bridgehead atoms. The van der Waals surface area contributed by atoms with Crippen LogP contribution in [0.2, 0.25) is 0 Å². The number of halogens is 2. The summed E-state index contributed by atoms with van der Waals surface area (Å²) in [5.41, 5.74) is 1.09. The number of aromatic nitrogens is 2. The number of hydrogen-bond donors (Lipinski definition) is 0. The van der Waals surface area contributed by atoms with Gasteiger partial charge in [-0.3, -0.25) is 4.40 Å². The molecule has 0 fully saturated rings. The van der Waals surface area contributed by atoms with Crippen molar-refractivity contribution in [2.24, 2.45) is 0 Å². The second-order valence-electron chi connectivity index (χ2n) is 2.52. The quantitative estimate of drug-likeness (QED) is 0.681. The van der Waals surface area contributed by atoms with Crippen molar-refractivity contribution < 1.29 is 0 Å². The van der Waals surface area contributed by atoms with E-state index >= 15 is 0 Å². The third-order valence-electron chi connectivity index (χ3n) is 1.74. The average Bonchev–Trinajstić information content (AvgIpc) is 2.29. The van der Waals surface area contributed by atoms with Crippen LogP contribution in [0.15, 0.2) is 27.4 Å². The molecule has 0 unspecified atom stereocenters. The molecule has 0 atom stereocenters. The van der Waals surface area contributed by atoms with E-state index in [1.54, 1.807) is 0 Å². The van der Waals surface area contributed by atoms with Crippen LogP contribution in [0, 0.1) is 6.92 Å². The lowest BCUT2D eigenvalue weighted by Gasteiger charge is -1.98. The highest BCUT2D eigenvalue weighted by Gasteiger charge is 2.06. The summed E-state index contributed by atoms with van der Waals surface area (Å²) in [4.78, 5) is 4.30. The first-order valence-corrected chi connectivity index (χ1v) is 5.08. The van der Waals surface area contributed by atoms with Crippen molar-refractivity contribution in [1.82, 2.24) is 9.38 Å². The number of hydrogen-bond acceptors (Lipinski definition) is 1. The van der Waals surface area contributed by atoms with Crippen molar-refractivity contribution in [2.45, 2.75) is 6.92 Å². The van der Waals surface area contributed by atoms with E-state index in [-0.39, 0.29) is 0 Å². The lowest BCUT2D eigenvalue weighted by atomic mass is 10.4. The Bertz CT molecular complexity index is 434. The van der Waals surface area contributed by atoms with Crippen molar-refractivity contribution >= 4 is 37.4 Å². The molecule has 2 aromatic rings. The van der Waals surface area contributed by atoms with Gasteiger partial charge in [0.05, 0.1) is 10.1 Å². The molecular weight excluding hydrogens is 284 g/mol. The van der Waals surface area contributed by atoms with Crippen molar-refractivity contribution in [3.63, 3.8) is 0 Å². The van der Waals surface area contributed by atoms with E-state index < -0.39 is 0 Å². The second kappa shape index (κ2) is 2.85. The Balaban J connectivity index is 2.99. The predicted octanol–water partition coefficient (Wildman–Crippen LogP) is 3.17. The van der Waals surface area contributed by atoms with Gasteiger partial charge in [-0.1, -0.05) is 6.07 Å². The van der Waals surface area contributed by atoms with E-state index in [1.807, 2.05) is 29.5 Å². The van der Waals surface area contributed by atoms with E-state index in [1.165, 1.54) is 0 Å². The van der Waals surface area contributed by atoms with Crippen molar-refractivity contribution in [1.29, 1.82) is 0 Å². The molecule has 0 saturated heterocycles. The van der Waals surface area contributed by atoms with E-state index in [0.717, 1.165) is 20.5 Å². The van der Waals surface area contributed by atoms with Crippen molar-refractivity contribution in [3.8, 4) is 0 Å². The molecule has 2 nitrogen and oxygen atoms in total. The first-order chi connectivity index (χ1) is 5.70. The fraction of sp³-hybridized carbons (Fsp3) is 0.125. The van der Waals surface area contributed by atoms with Gasteiger partial charge in [-0.15, -0.1) is 0 Å². The van der Waals surface area contributed by atoms with Crippen LogP contribution < -0.4 is 0 Å². The van der Waals surface area contributed by atoms with Gasteiger partial charge in [0.2, 0.25) is 0 Å². The largest absolute Gasteiger partial charge is 0.290 e. The highest BCUT2D eigenvalue weighted by Crippen LogP contribution is 2.22. The summed E-state index contributed by atoms with van der Waals surface area (Å²) in [6, 6.07) is 6.01. The van der Waals surface area contributed by atoms with Crippen LogP contribution in [-0.4, -0.2) is 9.38 Å². The smallest absolute Gasteiger partial charge is 0.132 e. The lowest BCUT2D eigenvalue weighted by molar-refractivity contribution is 1.02. The van der Waals surface area contributed by atoms with Crippen LogP contribution in [-0.2, 0) is 0 Å². The third-order valence-corrected chi connectivity index (χ3v) is 2.94. The molecule has 0 aromatic carbocycles. The summed E-state index contributed by atoms with van der Waals surface area (Å²) in [7, 11) is 0. The summed E-state index contributed by atoms with van der Waals surface area (Å²) in [6.07, 6.45) is 0. The monoisotopic (exact) mass is 288 g/mol. The highest BCUT2D eigenvalue weighted by molar-refractivity contribution is 9.10. The Hall–Kier alpha value is -0.350. The van der Waals surface area contributed by atoms with Gasteiger partial charge in [-0.2, -0.15) is 0 Å². The first-order valence-electron chi connectivity index (χ1n) is 3.49. The topological polar surface area (TPSA) is 17.3 Å². The Morgan fingerprint density at radius 3 is 2.75 bits per heavy atom. The first kappa shape index (κ1) is 8.26. The van der Waals surface area contributed by atoms with Gasteiger partial charge < -0.3 is 0 Å². The molecule has 2 aromatic heterocycles. The van der Waals surface area contributed by atoms with Crippen LogP contribution in [0.4, 0.5) is 0 Å². The van der Waals surface area contributed by atoms with Crippen LogP contribution in [0.3, 0.4) is 0 Å². The summed E-state index contributed by atoms with van der Waals surface area (Å²) < 4.78 is 3.96. The lowest BCUT2D eigenvalue weighted by Crippen LogP contribution is -1.88. The van der Waals surface area contributed by atoms with Crippen LogP contribution in [0.5, 0.6) is 0 Å². The molecule has 0 aliphatic carbocycles. The van der Waals surface area contributed by atoms with E-state index in [9.17, 15) is 0 Å². The molecule has 2 heterocycles. The molecule has 0 N–H and O–H groups in total. The number of nitrogens with zero attached hydrogens (tertiary/aromatic N) is 2. The van der Waals surface area contributed by atoms with Crippen LogP contribution in [0.25, 0.3) is 5.52 Å². The fourth-order valence-corrected chi connectivity index (χ4v) is 2.39. The van der Waals surface area contributed by atoms with Gasteiger partial charge in [-0.25, -0.2) is 4.98 Å². The number of imidazole rings is 1. The Kier molecular flexibility index (Phi) is 1.96. The summed E-state index contributed by atoms with van der Waals surface area (Å²) in [5.74, 6) is 0.976. The normalized spacial score (nSPS) is 10.9. The van der Waals surface area contributed by atoms with Crippen molar-refractivity contribution in [3.05, 3.63) is 33.2 Å². The molecule has 12 heavy (non-hydrogen) atoms. The van der Waals surface area contributed by atoms with Gasteiger partial charge in [0, 0.05) is 0 Å². The van der Waals surface area contributed by atoms with E-state index in [4.69, 9.17) is 0 Å². The zero-order valence-corrected chi connectivity index (χ0v) is 9.55. The van der Waals surface area contributed by atoms with Gasteiger partial charge in [-0.05, 0) is 50.9 Å². The molecular formula is C8H6Br2N2. The molecule has 0 amide bonds. The molecule has 0 spiro atoms. The van der Waals surface area contributed by atoms with Crippen LogP contribution >= 0.6 is 31.9 Å². The van der Waals surface area contributed by atoms with Crippen molar-refractivity contribution in [2.75, 3.05) is 0 Å². The molecule has 0 saturated carbocycles. The number of aryl methyl sites for hydroxylation is 1. The fourth-order valence-electron chi connectivity index (χ4n) is 1.22. The SMILES string of the molecule is Cc1nc(Br)c2cccc(Br)n12. The predicted molar refractivity (Wildman–Crippen MR) is 55.3 cm³/mol. The number of pyridine rings is 1. The Morgan fingerprint density at radius 2 is 2.08 bits per heavy atom. The number of rotatable bonds is 0. The van der Waals surface area contributed by atoms with E-state index in [0.29, 0.717) is 0 Å². The summed E-state index contributed by atoms with van der Waals surface area (Å²) in [5, 5.41) is 0. The average molecular weight is 290 g/mol. The number of fused-ring (bicyclic) bond motifs is 1. The summed E-state index contributed by atoms with van der Waals surface area (Å²) in [6.45, 7) is 1.97. The summed E-state index contributed by atoms with van der Waals surface area (Å²) >= 11 is 6.86. The standard InChI is InChI=1S/C8H6Br2N2/c1-5-11-8(10)6-3-2-4-7(9)12(5)6/h2-4H,1H3. The Morgan fingerprint density at radius 1 is 1.33 bits per heavy atom. The molecule has 0 aliphatic heterocycles. The van der Waals surface area contributed by atoms with Gasteiger partial charge in [0.25, 0.3) is 0 Å². The highest BCUT2D eigenvalue weighted by atomic mass is 79.9. The third kappa shape index (κ3) is 1.10. The molecule has 0 aliphatic rings. The van der Waals surface area contributed by atoms with E-state index in [2.05, 4.69) is 36.8 Å². The molecule has 4 heteroatoms. The molecule has 62 valence electrons. The zero-order valence-electron chi connectivity index (χ0n) is 6.38. The zero-order chi connectivity index (χ0) is 8.72. The Labute approximate surface area is 86.9 Å². The maximum atomic E-state index is 4.30. The minimum Gasteiger partial charge on any atom is -0.290 e. The molecule has 0 radical (unpaired) electrons. The second-order valence-corrected chi connectivity index (χ2v) is 4.08. The van der Waals surface area contributed by atoms with Gasteiger partial charge in [0.15, 0.2) is 0 Å². The minimum absolute atomic E-state index is 0.890. The maximum absolute atomic E-state index is 4.30. The van der Waals surface area contributed by atoms with Gasteiger partial charge >= 0.3 is 0 Å². The maximum Gasteiger partial charge on any atom is 0.132 e. The minimum atomic E-state index is 0.890.